The summed E-state index contributed by atoms with van der Waals surface area (Å²) in [6.07, 6.45) is 0. The summed E-state index contributed by atoms with van der Waals surface area (Å²) in [4.78, 5) is 7.25. The van der Waals surface area contributed by atoms with E-state index in [1.54, 1.807) is 0 Å². The van der Waals surface area contributed by atoms with Crippen molar-refractivity contribution in [1.29, 1.82) is 0 Å². The molecular weight excluding hydrogens is 1690 g/mol. The van der Waals surface area contributed by atoms with Crippen LogP contribution in [0.25, 0.3) is 120 Å². The van der Waals surface area contributed by atoms with Crippen LogP contribution in [0.4, 0.5) is 51.2 Å². The van der Waals surface area contributed by atoms with Gasteiger partial charge in [0.25, 0.3) is 0 Å². The van der Waals surface area contributed by atoms with Crippen molar-refractivity contribution in [3.8, 4) is 79.0 Å². The first-order valence-corrected chi connectivity index (χ1v) is 48.1. The summed E-state index contributed by atoms with van der Waals surface area (Å²) >= 11 is 0. The van der Waals surface area contributed by atoms with E-state index in [4.69, 9.17) is 14.2 Å². The third-order valence-corrected chi connectivity index (χ3v) is 31.1. The number of nitrogens with zero attached hydrogens (tertiary/aromatic N) is 3. The van der Waals surface area contributed by atoms with Gasteiger partial charge in [0.05, 0.1) is 39.0 Å². The van der Waals surface area contributed by atoms with Gasteiger partial charge in [-0.3, -0.25) is 0 Å². The lowest BCUT2D eigenvalue weighted by molar-refractivity contribution is 0.437. The molecule has 0 N–H and O–H groups in total. The highest BCUT2D eigenvalue weighted by atomic mass is 16.5. The maximum atomic E-state index is 7.76. The van der Waals surface area contributed by atoms with E-state index in [1.165, 1.54) is 109 Å². The summed E-state index contributed by atoms with van der Waals surface area (Å²) in [5.41, 5.74) is 29.9. The van der Waals surface area contributed by atoms with Gasteiger partial charge in [0.2, 0.25) is 0 Å². The van der Waals surface area contributed by atoms with Gasteiger partial charge in [-0.05, 0) is 257 Å². The number of fused-ring (bicyclic) bond motifs is 19. The Labute approximate surface area is 803 Å². The first kappa shape index (κ1) is 77.4. The van der Waals surface area contributed by atoms with E-state index in [0.29, 0.717) is 0 Å². The van der Waals surface area contributed by atoms with Gasteiger partial charge in [0, 0.05) is 67.2 Å². The molecular formula is C133H81N3O3. The van der Waals surface area contributed by atoms with Crippen molar-refractivity contribution >= 4 is 127 Å². The molecule has 0 saturated heterocycles. The van der Waals surface area contributed by atoms with Crippen LogP contribution in [0.5, 0.6) is 34.5 Å². The highest BCUT2D eigenvalue weighted by Crippen LogP contribution is 2.70. The Kier molecular flexibility index (Phi) is 16.4. The molecule has 0 saturated carbocycles. The number of hydrogen-bond donors (Lipinski definition) is 0. The maximum absolute atomic E-state index is 7.76. The monoisotopic (exact) mass is 1770 g/mol. The molecule has 0 radical (unpaired) electrons. The molecule has 30 rings (SSSR count). The second kappa shape index (κ2) is 29.5. The van der Waals surface area contributed by atoms with Crippen LogP contribution in [-0.4, -0.2) is 0 Å². The van der Waals surface area contributed by atoms with Gasteiger partial charge in [-0.2, -0.15) is 0 Å². The third kappa shape index (κ3) is 10.6. The highest BCUT2D eigenvalue weighted by Gasteiger charge is 2.55. The average molecular weight is 1770 g/mol. The maximum Gasteiger partial charge on any atom is 0.156 e. The second-order valence-corrected chi connectivity index (χ2v) is 37.7. The van der Waals surface area contributed by atoms with Crippen molar-refractivity contribution in [3.63, 3.8) is 0 Å². The minimum absolute atomic E-state index is 0.661. The first-order chi connectivity index (χ1) is 69.0. The molecule has 24 aromatic carbocycles. The lowest BCUT2D eigenvalue weighted by atomic mass is 9.65. The molecule has 0 fully saturated rings. The third-order valence-electron chi connectivity index (χ3n) is 31.1. The molecule has 24 aromatic rings. The molecule has 6 heteroatoms. The van der Waals surface area contributed by atoms with E-state index in [0.717, 1.165) is 163 Å². The van der Waals surface area contributed by atoms with Crippen LogP contribution in [0.15, 0.2) is 491 Å². The predicted octanol–water partition coefficient (Wildman–Crippen LogP) is 35.2. The first-order valence-electron chi connectivity index (χ1n) is 48.1. The Bertz CT molecular complexity index is 9240. The molecule has 3 heterocycles. The summed E-state index contributed by atoms with van der Waals surface area (Å²) in [6, 6.07) is 182. The number of anilines is 9. The molecule has 2 atom stereocenters. The van der Waals surface area contributed by atoms with E-state index >= 15 is 0 Å². The van der Waals surface area contributed by atoms with Gasteiger partial charge in [0.1, 0.15) is 17.2 Å². The topological polar surface area (TPSA) is 37.4 Å². The van der Waals surface area contributed by atoms with E-state index in [2.05, 4.69) is 506 Å². The zero-order valence-corrected chi connectivity index (χ0v) is 75.3. The van der Waals surface area contributed by atoms with E-state index in [1.807, 2.05) is 0 Å². The van der Waals surface area contributed by atoms with Crippen molar-refractivity contribution in [2.45, 2.75) is 16.2 Å². The van der Waals surface area contributed by atoms with Crippen LogP contribution in [0, 0.1) is 0 Å². The SMILES string of the molecule is c1ccc(-c2ccc(N(c3ccc(-c4ccccc4)cc3)c3cccc4c3Oc3ccccc3C43c4cccc5ccc6c(-c7ccc(N(c8ccccc8)c8cccc9c8Oc8ccccc8C98c9cccc%10cc(-c%11cccc(N(c%12ccccc%12)c%12cccc%13c%12Oc%12ccccc%12C%13%12c%13cccc%14ccc%15cccc%12c%15c%13%14)c%11)c%11cccc8c%11c9%10)c8ccccc78)ccc3c6c45)cc2)cc1. The van der Waals surface area contributed by atoms with Crippen LogP contribution in [-0.2, 0) is 16.2 Å². The fourth-order valence-corrected chi connectivity index (χ4v) is 25.6. The standard InChI is InChI=1S/C133H81N3O3/c1-5-30-82(31-6-1)84-66-71-93(72-67-84)134(94-73-68-85(69-74-94)83-32-7-2-8-33-83)116-58-27-56-113-128(116)137-121-63-20-17-49-105(121)133(113)108-52-24-36-88-70-75-101-98(76-78-111(133)127(101)124(88)108)97-77-79-115(99-45-14-13-44-96(97)99)136(92-41-11-4-12-42-92)118-60-29-57-114-130(118)139-120-62-19-16-48-104(120)132(114)109-53-25-38-90-81-102(100-46-26-54-110(132)126(100)125(90)109)89-37-21-43-95(80-89)135(91-39-9-3-10-40-91)117-59-28-55-112-129(117)138-119-61-18-15-47-103(119)131(112)106-50-22-34-86-64-65-87-35-23-51-107(131)123(87)122(86)106/h1-81H. The van der Waals surface area contributed by atoms with Crippen LogP contribution < -0.4 is 28.9 Å². The smallest absolute Gasteiger partial charge is 0.156 e. The summed E-state index contributed by atoms with van der Waals surface area (Å²) in [7, 11) is 0. The largest absolute Gasteiger partial charge is 0.454 e. The fourth-order valence-electron chi connectivity index (χ4n) is 25.6. The quantitative estimate of drug-likeness (QED) is 0.107. The summed E-state index contributed by atoms with van der Waals surface area (Å²) < 4.78 is 22.8. The van der Waals surface area contributed by atoms with Crippen molar-refractivity contribution in [1.82, 2.24) is 0 Å². The minimum atomic E-state index is -0.830. The van der Waals surface area contributed by atoms with Gasteiger partial charge in [-0.1, -0.05) is 382 Å². The molecule has 0 aromatic heterocycles. The van der Waals surface area contributed by atoms with E-state index in [9.17, 15) is 0 Å². The molecule has 6 aliphatic rings. The molecule has 646 valence electrons. The summed E-state index contributed by atoms with van der Waals surface area (Å²) in [5, 5.41) is 17.0. The number of hydrogen-bond acceptors (Lipinski definition) is 6. The van der Waals surface area contributed by atoms with Gasteiger partial charge in [-0.15, -0.1) is 0 Å². The summed E-state index contributed by atoms with van der Waals surface area (Å²) in [5.74, 6) is 4.93. The van der Waals surface area contributed by atoms with Gasteiger partial charge in [0.15, 0.2) is 17.2 Å². The van der Waals surface area contributed by atoms with Crippen LogP contribution in [0.2, 0.25) is 0 Å². The van der Waals surface area contributed by atoms with Crippen LogP contribution in [0.1, 0.15) is 66.8 Å². The highest BCUT2D eigenvalue weighted by molar-refractivity contribution is 6.24. The lowest BCUT2D eigenvalue weighted by Crippen LogP contribution is -2.33. The molecule has 6 nitrogen and oxygen atoms in total. The Balaban J connectivity index is 0.558. The number of benzene rings is 24. The molecule has 3 aliphatic carbocycles. The van der Waals surface area contributed by atoms with Crippen molar-refractivity contribution in [3.05, 3.63) is 558 Å². The fraction of sp³-hybridized carbons (Fsp3) is 0.0226. The molecule has 139 heavy (non-hydrogen) atoms. The number of rotatable bonds is 13. The van der Waals surface area contributed by atoms with Crippen molar-refractivity contribution in [2.24, 2.45) is 0 Å². The molecule has 0 amide bonds. The number of para-hydroxylation sites is 8. The van der Waals surface area contributed by atoms with Gasteiger partial charge < -0.3 is 28.9 Å². The molecule has 2 unspecified atom stereocenters. The van der Waals surface area contributed by atoms with E-state index in [-0.39, 0.29) is 0 Å². The Morgan fingerprint density at radius 1 is 0.151 bits per heavy atom. The predicted molar refractivity (Wildman–Crippen MR) is 571 cm³/mol. The zero-order valence-electron chi connectivity index (χ0n) is 75.3. The second-order valence-electron chi connectivity index (χ2n) is 37.7. The number of ether oxygens (including phenoxy) is 3. The van der Waals surface area contributed by atoms with Crippen LogP contribution >= 0.6 is 0 Å². The zero-order chi connectivity index (χ0) is 90.9. The Hall–Kier alpha value is -18.1. The average Bonchev–Trinajstić information content (AvgIpc) is 1.52. The van der Waals surface area contributed by atoms with Gasteiger partial charge in [-0.25, -0.2) is 0 Å². The van der Waals surface area contributed by atoms with Crippen molar-refractivity contribution in [2.75, 3.05) is 14.7 Å². The lowest BCUT2D eigenvalue weighted by Gasteiger charge is -2.41. The van der Waals surface area contributed by atoms with Crippen molar-refractivity contribution < 1.29 is 14.2 Å². The minimum Gasteiger partial charge on any atom is -0.454 e. The molecule has 3 aliphatic heterocycles. The Morgan fingerprint density at radius 2 is 0.460 bits per heavy atom. The normalized spacial score (nSPS) is 15.2. The van der Waals surface area contributed by atoms with Gasteiger partial charge >= 0.3 is 0 Å². The summed E-state index contributed by atoms with van der Waals surface area (Å²) in [6.45, 7) is 0. The molecule has 0 bridgehead atoms. The Morgan fingerprint density at radius 3 is 0.964 bits per heavy atom. The molecule has 3 spiro atoms. The van der Waals surface area contributed by atoms with E-state index < -0.39 is 16.2 Å². The van der Waals surface area contributed by atoms with Crippen LogP contribution in [0.3, 0.4) is 0 Å².